The molecular formula is C10H8F6O3S. The molecule has 0 bridgehead atoms. The molecular weight excluding hydrogens is 314 g/mol. The Hall–Kier alpha value is -1.29. The van der Waals surface area contributed by atoms with E-state index in [9.17, 15) is 34.8 Å². The van der Waals surface area contributed by atoms with Gasteiger partial charge in [0.2, 0.25) is 0 Å². The summed E-state index contributed by atoms with van der Waals surface area (Å²) in [6.07, 6.45) is -8.53. The standard InChI is InChI=1S/C10H8F6O3S/c1-6-2-4-7(5-3-6)8(9(11,12)13)19-20(17,18)10(14,15)16/h2-5,8H,1H3. The maximum atomic E-state index is 12.7. The van der Waals surface area contributed by atoms with E-state index in [1.807, 2.05) is 0 Å². The van der Waals surface area contributed by atoms with Crippen LogP contribution in [0, 0.1) is 6.92 Å². The first-order valence-corrected chi connectivity index (χ1v) is 6.38. The van der Waals surface area contributed by atoms with Gasteiger partial charge in [0.05, 0.1) is 0 Å². The number of aryl methyl sites for hydroxylation is 1. The van der Waals surface area contributed by atoms with E-state index in [-0.39, 0.29) is 0 Å². The summed E-state index contributed by atoms with van der Waals surface area (Å²) in [6, 6.07) is 4.08. The lowest BCUT2D eigenvalue weighted by molar-refractivity contribution is -0.200. The molecule has 1 aromatic carbocycles. The molecule has 10 heteroatoms. The number of hydrogen-bond donors (Lipinski definition) is 0. The molecule has 1 unspecified atom stereocenters. The highest BCUT2D eigenvalue weighted by atomic mass is 32.2. The van der Waals surface area contributed by atoms with E-state index < -0.39 is 33.5 Å². The van der Waals surface area contributed by atoms with Gasteiger partial charge in [-0.05, 0) is 12.5 Å². The fourth-order valence-corrected chi connectivity index (χ4v) is 1.80. The Kier molecular flexibility index (Phi) is 4.39. The van der Waals surface area contributed by atoms with Crippen LogP contribution in [0.4, 0.5) is 26.3 Å². The lowest BCUT2D eigenvalue weighted by Crippen LogP contribution is -2.32. The maximum Gasteiger partial charge on any atom is 0.523 e. The van der Waals surface area contributed by atoms with Gasteiger partial charge in [-0.1, -0.05) is 29.8 Å². The van der Waals surface area contributed by atoms with Gasteiger partial charge in [-0.25, -0.2) is 4.18 Å². The van der Waals surface area contributed by atoms with E-state index in [4.69, 9.17) is 0 Å². The Bertz CT molecular complexity index is 558. The summed E-state index contributed by atoms with van der Waals surface area (Å²) in [5.74, 6) is 0. The molecule has 0 N–H and O–H groups in total. The number of halogens is 6. The van der Waals surface area contributed by atoms with Crippen molar-refractivity contribution in [2.45, 2.75) is 24.7 Å². The topological polar surface area (TPSA) is 43.4 Å². The molecule has 0 aliphatic carbocycles. The minimum atomic E-state index is -6.36. The van der Waals surface area contributed by atoms with Crippen LogP contribution >= 0.6 is 0 Å². The normalized spacial score (nSPS) is 15.2. The van der Waals surface area contributed by atoms with E-state index >= 15 is 0 Å². The highest BCUT2D eigenvalue weighted by molar-refractivity contribution is 7.87. The van der Waals surface area contributed by atoms with Crippen LogP contribution in [0.25, 0.3) is 0 Å². The first-order chi connectivity index (χ1) is 8.84. The van der Waals surface area contributed by atoms with Crippen LogP contribution in [0.15, 0.2) is 24.3 Å². The first kappa shape index (κ1) is 16.8. The zero-order valence-electron chi connectivity index (χ0n) is 9.79. The van der Waals surface area contributed by atoms with E-state index in [1.165, 1.54) is 12.1 Å². The van der Waals surface area contributed by atoms with Gasteiger partial charge >= 0.3 is 21.8 Å². The van der Waals surface area contributed by atoms with E-state index in [0.717, 1.165) is 12.1 Å². The van der Waals surface area contributed by atoms with Crippen molar-refractivity contribution in [3.8, 4) is 0 Å². The molecule has 0 radical (unpaired) electrons. The van der Waals surface area contributed by atoms with Crippen LogP contribution in [0.3, 0.4) is 0 Å². The largest absolute Gasteiger partial charge is 0.523 e. The Labute approximate surface area is 110 Å². The summed E-state index contributed by atoms with van der Waals surface area (Å²) >= 11 is 0. The molecule has 0 heterocycles. The Morgan fingerprint density at radius 1 is 1.00 bits per heavy atom. The molecule has 0 saturated heterocycles. The zero-order valence-corrected chi connectivity index (χ0v) is 10.6. The van der Waals surface area contributed by atoms with Crippen molar-refractivity contribution in [3.05, 3.63) is 35.4 Å². The van der Waals surface area contributed by atoms with Crippen LogP contribution < -0.4 is 0 Å². The van der Waals surface area contributed by atoms with Crippen LogP contribution in [-0.4, -0.2) is 20.1 Å². The molecule has 0 amide bonds. The predicted molar refractivity (Wildman–Crippen MR) is 56.0 cm³/mol. The average molecular weight is 322 g/mol. The van der Waals surface area contributed by atoms with Crippen molar-refractivity contribution < 1.29 is 38.9 Å². The quantitative estimate of drug-likeness (QED) is 0.486. The molecule has 20 heavy (non-hydrogen) atoms. The van der Waals surface area contributed by atoms with E-state index in [1.54, 1.807) is 6.92 Å². The minimum Gasteiger partial charge on any atom is -0.245 e. The molecule has 1 atom stereocenters. The zero-order chi connectivity index (χ0) is 15.8. The smallest absolute Gasteiger partial charge is 0.245 e. The lowest BCUT2D eigenvalue weighted by Gasteiger charge is -2.21. The summed E-state index contributed by atoms with van der Waals surface area (Å²) in [7, 11) is -6.36. The SMILES string of the molecule is Cc1ccc(C(OS(=O)(=O)C(F)(F)F)C(F)(F)F)cc1. The highest BCUT2D eigenvalue weighted by Crippen LogP contribution is 2.40. The first-order valence-electron chi connectivity index (χ1n) is 4.97. The number of rotatable bonds is 3. The van der Waals surface area contributed by atoms with Crippen LogP contribution in [0.2, 0.25) is 0 Å². The number of alkyl halides is 6. The van der Waals surface area contributed by atoms with Gasteiger partial charge in [0.25, 0.3) is 0 Å². The molecule has 1 aromatic rings. The third-order valence-electron chi connectivity index (χ3n) is 2.18. The minimum absolute atomic E-state index is 0.549. The van der Waals surface area contributed by atoms with Crippen molar-refractivity contribution in [1.29, 1.82) is 0 Å². The summed E-state index contributed by atoms with van der Waals surface area (Å²) in [5.41, 5.74) is -6.12. The molecule has 0 aromatic heterocycles. The Morgan fingerprint density at radius 2 is 1.45 bits per heavy atom. The van der Waals surface area contributed by atoms with Gasteiger partial charge in [0.1, 0.15) is 0 Å². The van der Waals surface area contributed by atoms with Crippen molar-refractivity contribution in [2.24, 2.45) is 0 Å². The molecule has 0 aliphatic heterocycles. The lowest BCUT2D eigenvalue weighted by atomic mass is 10.1. The molecule has 0 fully saturated rings. The number of benzene rings is 1. The van der Waals surface area contributed by atoms with Gasteiger partial charge in [0, 0.05) is 0 Å². The fourth-order valence-electron chi connectivity index (χ4n) is 1.22. The summed E-state index contributed by atoms with van der Waals surface area (Å²) in [5, 5.41) is 0. The fraction of sp³-hybridized carbons (Fsp3) is 0.400. The second kappa shape index (κ2) is 5.24. The van der Waals surface area contributed by atoms with Crippen LogP contribution in [0.5, 0.6) is 0 Å². The Morgan fingerprint density at radius 3 is 1.80 bits per heavy atom. The second-order valence-corrected chi connectivity index (χ2v) is 5.39. The molecule has 0 aliphatic rings. The average Bonchev–Trinajstić information content (AvgIpc) is 2.24. The highest BCUT2D eigenvalue weighted by Gasteiger charge is 2.53. The van der Waals surface area contributed by atoms with Crippen molar-refractivity contribution in [2.75, 3.05) is 0 Å². The van der Waals surface area contributed by atoms with Gasteiger partial charge in [-0.2, -0.15) is 34.8 Å². The van der Waals surface area contributed by atoms with Crippen molar-refractivity contribution in [3.63, 3.8) is 0 Å². The summed E-state index contributed by atoms with van der Waals surface area (Å²) in [4.78, 5) is 0. The second-order valence-electron chi connectivity index (χ2n) is 3.83. The third kappa shape index (κ3) is 3.85. The maximum absolute atomic E-state index is 12.7. The summed E-state index contributed by atoms with van der Waals surface area (Å²) < 4.78 is 99.0. The molecule has 0 spiro atoms. The Balaban J connectivity index is 3.20. The molecule has 1 rings (SSSR count). The molecule has 0 saturated carbocycles. The summed E-state index contributed by atoms with van der Waals surface area (Å²) in [6.45, 7) is 1.54. The van der Waals surface area contributed by atoms with Crippen LogP contribution in [-0.2, 0) is 14.3 Å². The van der Waals surface area contributed by atoms with Gasteiger partial charge in [0.15, 0.2) is 6.10 Å². The van der Waals surface area contributed by atoms with Gasteiger partial charge in [-0.15, -0.1) is 0 Å². The van der Waals surface area contributed by atoms with Crippen LogP contribution in [0.1, 0.15) is 17.2 Å². The van der Waals surface area contributed by atoms with Gasteiger partial charge in [-0.3, -0.25) is 0 Å². The third-order valence-corrected chi connectivity index (χ3v) is 3.20. The van der Waals surface area contributed by atoms with Crippen molar-refractivity contribution in [1.82, 2.24) is 0 Å². The monoisotopic (exact) mass is 322 g/mol. The predicted octanol–water partition coefficient (Wildman–Crippen LogP) is 3.46. The van der Waals surface area contributed by atoms with Crippen molar-refractivity contribution >= 4 is 10.1 Å². The molecule has 114 valence electrons. The number of hydrogen-bond acceptors (Lipinski definition) is 3. The van der Waals surface area contributed by atoms with E-state index in [0.29, 0.717) is 5.56 Å². The van der Waals surface area contributed by atoms with Gasteiger partial charge < -0.3 is 0 Å². The van der Waals surface area contributed by atoms with E-state index in [2.05, 4.69) is 4.18 Å². The molecule has 3 nitrogen and oxygen atoms in total.